The Morgan fingerprint density at radius 2 is 2.23 bits per heavy atom. The average Bonchev–Trinajstić information content (AvgIpc) is 2.45. The van der Waals surface area contributed by atoms with Gasteiger partial charge in [0.1, 0.15) is 0 Å². The van der Waals surface area contributed by atoms with Crippen LogP contribution in [-0.2, 0) is 0 Å². The summed E-state index contributed by atoms with van der Waals surface area (Å²) in [6, 6.07) is 0.532. The second-order valence-corrected chi connectivity index (χ2v) is 4.09. The largest absolute Gasteiger partial charge is 0.416 e. The minimum Gasteiger partial charge on any atom is -0.416 e. The number of nitrogens with zero attached hydrogens (tertiary/aromatic N) is 2. The Balaban J connectivity index is 2.13. The number of aryl methyl sites for hydroxylation is 1. The predicted octanol–water partition coefficient (Wildman–Crippen LogP) is 1.47. The fourth-order valence-electron chi connectivity index (χ4n) is 0.823. The van der Waals surface area contributed by atoms with E-state index in [1.807, 2.05) is 0 Å². The van der Waals surface area contributed by atoms with Crippen molar-refractivity contribution in [2.24, 2.45) is 0 Å². The van der Waals surface area contributed by atoms with Crippen LogP contribution in [0.4, 0.5) is 0 Å². The maximum Gasteiger partial charge on any atom is 0.276 e. The van der Waals surface area contributed by atoms with Crippen LogP contribution in [0, 0.1) is 6.92 Å². The van der Waals surface area contributed by atoms with E-state index < -0.39 is 0 Å². The number of aromatic nitrogens is 2. The zero-order valence-corrected chi connectivity index (χ0v) is 9.02. The van der Waals surface area contributed by atoms with Crippen molar-refractivity contribution < 1.29 is 4.42 Å². The van der Waals surface area contributed by atoms with Crippen LogP contribution in [-0.4, -0.2) is 28.5 Å². The van der Waals surface area contributed by atoms with Crippen molar-refractivity contribution in [3.63, 3.8) is 0 Å². The molecule has 74 valence electrons. The van der Waals surface area contributed by atoms with Crippen molar-refractivity contribution in [3.05, 3.63) is 5.89 Å². The highest BCUT2D eigenvalue weighted by Gasteiger charge is 2.01. The summed E-state index contributed by atoms with van der Waals surface area (Å²) in [5.74, 6) is 1.58. The maximum atomic E-state index is 5.20. The van der Waals surface area contributed by atoms with Gasteiger partial charge < -0.3 is 9.73 Å². The molecule has 0 unspecified atom stereocenters. The molecule has 0 bridgehead atoms. The van der Waals surface area contributed by atoms with E-state index in [1.54, 1.807) is 18.7 Å². The molecule has 5 heteroatoms. The monoisotopic (exact) mass is 201 g/mol. The maximum absolute atomic E-state index is 5.20. The van der Waals surface area contributed by atoms with Gasteiger partial charge in [0.2, 0.25) is 5.89 Å². The molecule has 0 fully saturated rings. The molecule has 1 rings (SSSR count). The van der Waals surface area contributed by atoms with Gasteiger partial charge in [-0.3, -0.25) is 0 Å². The first-order chi connectivity index (χ1) is 6.18. The molecule has 13 heavy (non-hydrogen) atoms. The van der Waals surface area contributed by atoms with E-state index in [1.165, 1.54) is 0 Å². The number of hydrogen-bond donors (Lipinski definition) is 1. The smallest absolute Gasteiger partial charge is 0.276 e. The van der Waals surface area contributed by atoms with Gasteiger partial charge in [-0.1, -0.05) is 25.6 Å². The van der Waals surface area contributed by atoms with Crippen LogP contribution in [0.25, 0.3) is 0 Å². The second-order valence-electron chi connectivity index (χ2n) is 3.04. The highest BCUT2D eigenvalue weighted by Crippen LogP contribution is 2.14. The van der Waals surface area contributed by atoms with Crippen molar-refractivity contribution in [2.45, 2.75) is 32.0 Å². The summed E-state index contributed by atoms with van der Waals surface area (Å²) < 4.78 is 5.20. The van der Waals surface area contributed by atoms with Gasteiger partial charge in [0.15, 0.2) is 0 Å². The molecule has 1 aromatic rings. The highest BCUT2D eigenvalue weighted by molar-refractivity contribution is 7.99. The standard InChI is InChI=1S/C8H15N3OS/c1-6(2)9-4-5-13-8-11-10-7(3)12-8/h6,9H,4-5H2,1-3H3. The van der Waals surface area contributed by atoms with Crippen LogP contribution in [0.3, 0.4) is 0 Å². The number of nitrogens with one attached hydrogen (secondary N) is 1. The molecule has 0 aromatic carbocycles. The van der Waals surface area contributed by atoms with E-state index in [2.05, 4.69) is 29.4 Å². The first kappa shape index (κ1) is 10.5. The molecule has 0 radical (unpaired) electrons. The van der Waals surface area contributed by atoms with Gasteiger partial charge in [-0.2, -0.15) is 0 Å². The summed E-state index contributed by atoms with van der Waals surface area (Å²) in [6.45, 7) is 7.01. The molecule has 0 aliphatic rings. The average molecular weight is 201 g/mol. The zero-order valence-electron chi connectivity index (χ0n) is 8.20. The first-order valence-corrected chi connectivity index (χ1v) is 5.33. The third-order valence-corrected chi connectivity index (χ3v) is 2.21. The van der Waals surface area contributed by atoms with Crippen LogP contribution in [0.5, 0.6) is 0 Å². The van der Waals surface area contributed by atoms with Gasteiger partial charge in [0.05, 0.1) is 0 Å². The Bertz CT molecular complexity index is 249. The minimum atomic E-state index is 0.532. The van der Waals surface area contributed by atoms with E-state index in [9.17, 15) is 0 Å². The normalized spacial score (nSPS) is 11.1. The van der Waals surface area contributed by atoms with E-state index in [-0.39, 0.29) is 0 Å². The lowest BCUT2D eigenvalue weighted by atomic mass is 10.4. The second kappa shape index (κ2) is 5.24. The van der Waals surface area contributed by atoms with Crippen molar-refractivity contribution in [2.75, 3.05) is 12.3 Å². The molecule has 0 spiro atoms. The van der Waals surface area contributed by atoms with Gasteiger partial charge in [-0.25, -0.2) is 0 Å². The zero-order chi connectivity index (χ0) is 9.68. The lowest BCUT2D eigenvalue weighted by molar-refractivity contribution is 0.429. The fraction of sp³-hybridized carbons (Fsp3) is 0.750. The molecule has 1 aromatic heterocycles. The summed E-state index contributed by atoms with van der Waals surface area (Å²) in [6.07, 6.45) is 0. The number of thioether (sulfide) groups is 1. The Labute approximate surface area is 82.5 Å². The molecule has 0 atom stereocenters. The third kappa shape index (κ3) is 4.28. The van der Waals surface area contributed by atoms with E-state index in [0.717, 1.165) is 12.3 Å². The topological polar surface area (TPSA) is 51.0 Å². The number of hydrogen-bond acceptors (Lipinski definition) is 5. The quantitative estimate of drug-likeness (QED) is 0.577. The first-order valence-electron chi connectivity index (χ1n) is 4.35. The molecule has 0 aliphatic heterocycles. The third-order valence-electron chi connectivity index (χ3n) is 1.39. The summed E-state index contributed by atoms with van der Waals surface area (Å²) >= 11 is 1.58. The van der Waals surface area contributed by atoms with Crippen molar-refractivity contribution in [1.29, 1.82) is 0 Å². The van der Waals surface area contributed by atoms with Crippen LogP contribution < -0.4 is 5.32 Å². The fourth-order valence-corrected chi connectivity index (χ4v) is 1.50. The highest BCUT2D eigenvalue weighted by atomic mass is 32.2. The van der Waals surface area contributed by atoms with Gasteiger partial charge in [0, 0.05) is 25.3 Å². The van der Waals surface area contributed by atoms with Crippen molar-refractivity contribution in [3.8, 4) is 0 Å². The molecule has 0 amide bonds. The summed E-state index contributed by atoms with van der Waals surface area (Å²) in [4.78, 5) is 0. The van der Waals surface area contributed by atoms with Gasteiger partial charge in [-0.15, -0.1) is 10.2 Å². The Morgan fingerprint density at radius 3 is 2.77 bits per heavy atom. The van der Waals surface area contributed by atoms with E-state index in [0.29, 0.717) is 17.2 Å². The van der Waals surface area contributed by atoms with Crippen molar-refractivity contribution in [1.82, 2.24) is 15.5 Å². The Kier molecular flexibility index (Phi) is 4.24. The predicted molar refractivity (Wildman–Crippen MR) is 52.9 cm³/mol. The molecule has 1 heterocycles. The molecule has 1 N–H and O–H groups in total. The van der Waals surface area contributed by atoms with Crippen LogP contribution in [0.2, 0.25) is 0 Å². The van der Waals surface area contributed by atoms with Crippen LogP contribution in [0.1, 0.15) is 19.7 Å². The lowest BCUT2D eigenvalue weighted by Crippen LogP contribution is -2.24. The van der Waals surface area contributed by atoms with Crippen LogP contribution >= 0.6 is 11.8 Å². The Hall–Kier alpha value is -0.550. The molecule has 4 nitrogen and oxygen atoms in total. The minimum absolute atomic E-state index is 0.532. The van der Waals surface area contributed by atoms with Crippen molar-refractivity contribution >= 4 is 11.8 Å². The molecule has 0 aliphatic carbocycles. The van der Waals surface area contributed by atoms with E-state index in [4.69, 9.17) is 4.42 Å². The van der Waals surface area contributed by atoms with E-state index >= 15 is 0 Å². The van der Waals surface area contributed by atoms with Crippen LogP contribution in [0.15, 0.2) is 9.64 Å². The molecular formula is C8H15N3OS. The summed E-state index contributed by atoms with van der Waals surface area (Å²) in [5, 5.41) is 11.6. The number of rotatable bonds is 5. The van der Waals surface area contributed by atoms with Gasteiger partial charge in [-0.05, 0) is 0 Å². The lowest BCUT2D eigenvalue weighted by Gasteiger charge is -2.05. The molecular weight excluding hydrogens is 186 g/mol. The van der Waals surface area contributed by atoms with Gasteiger partial charge in [0.25, 0.3) is 5.22 Å². The Morgan fingerprint density at radius 1 is 1.46 bits per heavy atom. The molecule has 0 saturated carbocycles. The summed E-state index contributed by atoms with van der Waals surface area (Å²) in [5.41, 5.74) is 0. The molecule has 0 saturated heterocycles. The summed E-state index contributed by atoms with van der Waals surface area (Å²) in [7, 11) is 0. The van der Waals surface area contributed by atoms with Gasteiger partial charge >= 0.3 is 0 Å². The SMILES string of the molecule is Cc1nnc(SCCNC(C)C)o1.